The van der Waals surface area contributed by atoms with Gasteiger partial charge in [0.25, 0.3) is 5.91 Å². The Hall–Kier alpha value is -2.82. The second-order valence-corrected chi connectivity index (χ2v) is 6.67. The first-order chi connectivity index (χ1) is 12.6. The lowest BCUT2D eigenvalue weighted by atomic mass is 10.1. The molecule has 26 heavy (non-hydrogen) atoms. The summed E-state index contributed by atoms with van der Waals surface area (Å²) in [5.41, 5.74) is 3.85. The lowest BCUT2D eigenvalue weighted by Gasteiger charge is -2.18. The zero-order valence-electron chi connectivity index (χ0n) is 15.3. The normalized spacial score (nSPS) is 13.8. The highest BCUT2D eigenvalue weighted by Crippen LogP contribution is 2.30. The van der Waals surface area contributed by atoms with Crippen LogP contribution in [0.1, 0.15) is 41.8 Å². The molecule has 136 valence electrons. The lowest BCUT2D eigenvalue weighted by Crippen LogP contribution is -2.40. The van der Waals surface area contributed by atoms with Crippen molar-refractivity contribution in [3.05, 3.63) is 65.2 Å². The molecule has 0 radical (unpaired) electrons. The average Bonchev–Trinajstić information content (AvgIpc) is 3.09. The summed E-state index contributed by atoms with van der Waals surface area (Å²) in [5.74, 6) is 0.0307. The SMILES string of the molecule is CC[C@H](C)NC(=O)NCc1ccc2c(c1)CCN2C(=O)c1ccccc1. The van der Waals surface area contributed by atoms with Gasteiger partial charge in [0.2, 0.25) is 0 Å². The molecule has 2 N–H and O–H groups in total. The molecular weight excluding hydrogens is 326 g/mol. The number of fused-ring (bicyclic) bond motifs is 1. The van der Waals surface area contributed by atoms with Crippen LogP contribution in [0.2, 0.25) is 0 Å². The zero-order chi connectivity index (χ0) is 18.5. The summed E-state index contributed by atoms with van der Waals surface area (Å²) in [5, 5.41) is 5.77. The summed E-state index contributed by atoms with van der Waals surface area (Å²) in [4.78, 5) is 26.4. The van der Waals surface area contributed by atoms with Crippen LogP contribution in [0.4, 0.5) is 10.5 Å². The number of nitrogens with zero attached hydrogens (tertiary/aromatic N) is 1. The molecule has 1 atom stereocenters. The van der Waals surface area contributed by atoms with Crippen molar-refractivity contribution in [3.63, 3.8) is 0 Å². The molecule has 0 saturated heterocycles. The number of hydrogen-bond acceptors (Lipinski definition) is 2. The molecule has 0 saturated carbocycles. The summed E-state index contributed by atoms with van der Waals surface area (Å²) in [7, 11) is 0. The molecule has 2 aromatic carbocycles. The van der Waals surface area contributed by atoms with E-state index in [0.29, 0.717) is 18.7 Å². The Labute approximate surface area is 154 Å². The summed E-state index contributed by atoms with van der Waals surface area (Å²) in [6.07, 6.45) is 1.73. The number of benzene rings is 2. The first-order valence-electron chi connectivity index (χ1n) is 9.11. The zero-order valence-corrected chi connectivity index (χ0v) is 15.3. The summed E-state index contributed by atoms with van der Waals surface area (Å²) in [6.45, 7) is 5.18. The van der Waals surface area contributed by atoms with Gasteiger partial charge in [-0.2, -0.15) is 0 Å². The summed E-state index contributed by atoms with van der Waals surface area (Å²) < 4.78 is 0. The molecule has 0 fully saturated rings. The van der Waals surface area contributed by atoms with E-state index in [-0.39, 0.29) is 18.0 Å². The Kier molecular flexibility index (Phi) is 5.56. The van der Waals surface area contributed by atoms with Crippen molar-refractivity contribution in [3.8, 4) is 0 Å². The van der Waals surface area contributed by atoms with Crippen LogP contribution in [0.15, 0.2) is 48.5 Å². The fourth-order valence-corrected chi connectivity index (χ4v) is 3.07. The van der Waals surface area contributed by atoms with Crippen LogP contribution in [0.3, 0.4) is 0 Å². The lowest BCUT2D eigenvalue weighted by molar-refractivity contribution is 0.0989. The Morgan fingerprint density at radius 3 is 2.65 bits per heavy atom. The molecule has 0 bridgehead atoms. The number of anilines is 1. The fourth-order valence-electron chi connectivity index (χ4n) is 3.07. The molecule has 0 aliphatic carbocycles. The Balaban J connectivity index is 1.65. The first-order valence-corrected chi connectivity index (χ1v) is 9.11. The van der Waals surface area contributed by atoms with Crippen LogP contribution in [0, 0.1) is 0 Å². The molecule has 1 aliphatic rings. The predicted molar refractivity (Wildman–Crippen MR) is 103 cm³/mol. The number of urea groups is 1. The van der Waals surface area contributed by atoms with Crippen LogP contribution in [0.5, 0.6) is 0 Å². The van der Waals surface area contributed by atoms with E-state index in [2.05, 4.69) is 16.7 Å². The number of hydrogen-bond donors (Lipinski definition) is 2. The highest BCUT2D eigenvalue weighted by Gasteiger charge is 2.25. The van der Waals surface area contributed by atoms with Crippen molar-refractivity contribution in [1.82, 2.24) is 10.6 Å². The third-order valence-corrected chi connectivity index (χ3v) is 4.75. The van der Waals surface area contributed by atoms with Crippen molar-refractivity contribution in [2.75, 3.05) is 11.4 Å². The van der Waals surface area contributed by atoms with Gasteiger partial charge in [0.05, 0.1) is 0 Å². The second kappa shape index (κ2) is 8.04. The van der Waals surface area contributed by atoms with E-state index in [9.17, 15) is 9.59 Å². The molecule has 1 aliphatic heterocycles. The highest BCUT2D eigenvalue weighted by molar-refractivity contribution is 6.07. The topological polar surface area (TPSA) is 61.4 Å². The Morgan fingerprint density at radius 1 is 1.15 bits per heavy atom. The van der Waals surface area contributed by atoms with Crippen molar-refractivity contribution in [2.45, 2.75) is 39.3 Å². The van der Waals surface area contributed by atoms with Gasteiger partial charge in [0.1, 0.15) is 0 Å². The van der Waals surface area contributed by atoms with Gasteiger partial charge in [-0.15, -0.1) is 0 Å². The maximum atomic E-state index is 12.7. The predicted octanol–water partition coefficient (Wildman–Crippen LogP) is 3.49. The second-order valence-electron chi connectivity index (χ2n) is 6.67. The molecule has 2 aromatic rings. The first kappa shape index (κ1) is 18.0. The van der Waals surface area contributed by atoms with Crippen LogP contribution in [0.25, 0.3) is 0 Å². The highest BCUT2D eigenvalue weighted by atomic mass is 16.2. The smallest absolute Gasteiger partial charge is 0.315 e. The third kappa shape index (κ3) is 4.04. The largest absolute Gasteiger partial charge is 0.336 e. The van der Waals surface area contributed by atoms with E-state index in [1.54, 1.807) is 0 Å². The van der Waals surface area contributed by atoms with Crippen LogP contribution < -0.4 is 15.5 Å². The number of nitrogens with one attached hydrogen (secondary N) is 2. The van der Waals surface area contributed by atoms with Crippen molar-refractivity contribution < 1.29 is 9.59 Å². The number of rotatable bonds is 5. The van der Waals surface area contributed by atoms with Gasteiger partial charge in [-0.3, -0.25) is 4.79 Å². The fraction of sp³-hybridized carbons (Fsp3) is 0.333. The minimum absolute atomic E-state index is 0.0307. The van der Waals surface area contributed by atoms with Gasteiger partial charge in [0.15, 0.2) is 0 Å². The minimum atomic E-state index is -0.152. The molecule has 3 amide bonds. The average molecular weight is 351 g/mol. The molecule has 5 heteroatoms. The van der Waals surface area contributed by atoms with Gasteiger partial charge in [-0.25, -0.2) is 4.79 Å². The number of carbonyl (C=O) groups excluding carboxylic acids is 2. The van der Waals surface area contributed by atoms with E-state index in [1.165, 1.54) is 0 Å². The molecule has 0 aromatic heterocycles. The van der Waals surface area contributed by atoms with Crippen LogP contribution in [-0.2, 0) is 13.0 Å². The Morgan fingerprint density at radius 2 is 1.92 bits per heavy atom. The van der Waals surface area contributed by atoms with E-state index >= 15 is 0 Å². The van der Waals surface area contributed by atoms with Gasteiger partial charge in [0, 0.05) is 30.4 Å². The standard InChI is InChI=1S/C21H25N3O2/c1-3-15(2)23-21(26)22-14-16-9-10-19-18(13-16)11-12-24(19)20(25)17-7-5-4-6-8-17/h4-10,13,15H,3,11-12,14H2,1-2H3,(H2,22,23,26)/t15-/m0/s1. The molecule has 3 rings (SSSR count). The molecule has 0 unspecified atom stereocenters. The maximum absolute atomic E-state index is 12.7. The third-order valence-electron chi connectivity index (χ3n) is 4.75. The van der Waals surface area contributed by atoms with E-state index in [1.807, 2.05) is 61.2 Å². The van der Waals surface area contributed by atoms with Crippen molar-refractivity contribution in [2.24, 2.45) is 0 Å². The van der Waals surface area contributed by atoms with Crippen molar-refractivity contribution in [1.29, 1.82) is 0 Å². The van der Waals surface area contributed by atoms with E-state index in [4.69, 9.17) is 0 Å². The number of amides is 3. The summed E-state index contributed by atoms with van der Waals surface area (Å²) in [6, 6.07) is 15.4. The van der Waals surface area contributed by atoms with Gasteiger partial charge < -0.3 is 15.5 Å². The van der Waals surface area contributed by atoms with Gasteiger partial charge in [-0.05, 0) is 49.1 Å². The van der Waals surface area contributed by atoms with Crippen molar-refractivity contribution >= 4 is 17.6 Å². The molecular formula is C21H25N3O2. The van der Waals surface area contributed by atoms with Gasteiger partial charge in [-0.1, -0.05) is 37.3 Å². The molecule has 0 spiro atoms. The van der Waals surface area contributed by atoms with Crippen LogP contribution in [-0.4, -0.2) is 24.5 Å². The maximum Gasteiger partial charge on any atom is 0.315 e. The Bertz CT molecular complexity index is 789. The van der Waals surface area contributed by atoms with Crippen LogP contribution >= 0.6 is 0 Å². The van der Waals surface area contributed by atoms with Gasteiger partial charge >= 0.3 is 6.03 Å². The summed E-state index contributed by atoms with van der Waals surface area (Å²) >= 11 is 0. The van der Waals surface area contributed by atoms with E-state index in [0.717, 1.165) is 29.7 Å². The molecule has 5 nitrogen and oxygen atoms in total. The molecule has 1 heterocycles. The van der Waals surface area contributed by atoms with E-state index < -0.39 is 0 Å². The monoisotopic (exact) mass is 351 g/mol. The quantitative estimate of drug-likeness (QED) is 0.866. The number of carbonyl (C=O) groups is 2. The minimum Gasteiger partial charge on any atom is -0.336 e.